The molecule has 0 bridgehead atoms. The Hall–Kier alpha value is -1.76. The van der Waals surface area contributed by atoms with E-state index in [1.807, 2.05) is 17.0 Å². The number of hydrogen-bond acceptors (Lipinski definition) is 5. The van der Waals surface area contributed by atoms with Crippen LogP contribution in [0.4, 0.5) is 0 Å². The second kappa shape index (κ2) is 7.68. The molecule has 1 saturated heterocycles. The molecule has 2 aromatic rings. The van der Waals surface area contributed by atoms with Crippen LogP contribution >= 0.6 is 23.7 Å². The fourth-order valence-electron chi connectivity index (χ4n) is 2.60. The van der Waals surface area contributed by atoms with Crippen molar-refractivity contribution in [1.29, 1.82) is 0 Å². The number of rotatable bonds is 3. The molecule has 3 heterocycles. The summed E-state index contributed by atoms with van der Waals surface area (Å²) >= 11 is 1.26. The van der Waals surface area contributed by atoms with Crippen molar-refractivity contribution < 1.29 is 9.59 Å². The summed E-state index contributed by atoms with van der Waals surface area (Å²) in [5.41, 5.74) is 1.02. The first-order valence-corrected chi connectivity index (χ1v) is 8.01. The summed E-state index contributed by atoms with van der Waals surface area (Å²) in [4.78, 5) is 31.5. The quantitative estimate of drug-likeness (QED) is 0.863. The summed E-state index contributed by atoms with van der Waals surface area (Å²) in [5.74, 6) is -0.0268. The van der Waals surface area contributed by atoms with Gasteiger partial charge in [0.05, 0.1) is 15.8 Å². The third kappa shape index (κ3) is 3.77. The van der Waals surface area contributed by atoms with E-state index in [1.165, 1.54) is 18.3 Å². The van der Waals surface area contributed by atoms with E-state index in [-0.39, 0.29) is 30.1 Å². The molecular weight excluding hydrogens is 334 g/mol. The molecule has 1 atom stereocenters. The van der Waals surface area contributed by atoms with Gasteiger partial charge in [-0.1, -0.05) is 6.07 Å². The van der Waals surface area contributed by atoms with Gasteiger partial charge in [0.25, 0.3) is 5.91 Å². The Kier molecular flexibility index (Phi) is 5.87. The summed E-state index contributed by atoms with van der Waals surface area (Å²) in [6.45, 7) is 3.64. The van der Waals surface area contributed by atoms with Crippen molar-refractivity contribution in [2.45, 2.75) is 13.0 Å². The molecule has 2 aromatic heterocycles. The number of Topliss-reactive ketones (excluding diaryl/α,β-unsaturated/α-hetero) is 1. The zero-order valence-electron chi connectivity index (χ0n) is 12.7. The van der Waals surface area contributed by atoms with Crippen molar-refractivity contribution >= 4 is 35.4 Å². The van der Waals surface area contributed by atoms with Crippen molar-refractivity contribution in [3.63, 3.8) is 0 Å². The SMILES string of the molecule is CC(=O)c1ccc(C(=O)N2CCNCC2c2cccnc2)s1.Cl. The number of hydrogen-bond donors (Lipinski definition) is 1. The maximum absolute atomic E-state index is 12.8. The number of nitrogens with zero attached hydrogens (tertiary/aromatic N) is 2. The molecule has 23 heavy (non-hydrogen) atoms. The first-order valence-electron chi connectivity index (χ1n) is 7.19. The molecule has 1 amide bonds. The topological polar surface area (TPSA) is 62.3 Å². The van der Waals surface area contributed by atoms with Crippen LogP contribution in [0, 0.1) is 0 Å². The van der Waals surface area contributed by atoms with Crippen LogP contribution < -0.4 is 5.32 Å². The summed E-state index contributed by atoms with van der Waals surface area (Å²) in [6.07, 6.45) is 3.53. The molecule has 0 spiro atoms. The molecule has 0 saturated carbocycles. The van der Waals surface area contributed by atoms with Crippen molar-refractivity contribution in [3.8, 4) is 0 Å². The van der Waals surface area contributed by atoms with Crippen LogP contribution in [0.2, 0.25) is 0 Å². The van der Waals surface area contributed by atoms with Gasteiger partial charge in [0.15, 0.2) is 5.78 Å². The van der Waals surface area contributed by atoms with E-state index in [1.54, 1.807) is 24.5 Å². The van der Waals surface area contributed by atoms with Crippen LogP contribution in [0.15, 0.2) is 36.7 Å². The lowest BCUT2D eigenvalue weighted by Gasteiger charge is -2.36. The molecule has 0 aromatic carbocycles. The molecule has 3 rings (SSSR count). The lowest BCUT2D eigenvalue weighted by molar-refractivity contribution is 0.0639. The van der Waals surface area contributed by atoms with Gasteiger partial charge < -0.3 is 10.2 Å². The summed E-state index contributed by atoms with van der Waals surface area (Å²) in [5, 5.41) is 3.32. The van der Waals surface area contributed by atoms with E-state index in [9.17, 15) is 9.59 Å². The van der Waals surface area contributed by atoms with Crippen LogP contribution in [0.25, 0.3) is 0 Å². The van der Waals surface area contributed by atoms with Gasteiger partial charge >= 0.3 is 0 Å². The van der Waals surface area contributed by atoms with Gasteiger partial charge in [-0.05, 0) is 30.7 Å². The lowest BCUT2D eigenvalue weighted by Crippen LogP contribution is -2.48. The number of carbonyl (C=O) groups excluding carboxylic acids is 2. The minimum atomic E-state index is -0.0298. The number of carbonyl (C=O) groups is 2. The maximum Gasteiger partial charge on any atom is 0.264 e. The highest BCUT2D eigenvalue weighted by Gasteiger charge is 2.29. The molecule has 1 N–H and O–H groups in total. The first-order chi connectivity index (χ1) is 10.7. The Labute approximate surface area is 145 Å². The molecule has 1 aliphatic rings. The summed E-state index contributed by atoms with van der Waals surface area (Å²) < 4.78 is 0. The van der Waals surface area contributed by atoms with Gasteiger partial charge in [-0.15, -0.1) is 23.7 Å². The van der Waals surface area contributed by atoms with Crippen molar-refractivity contribution in [2.24, 2.45) is 0 Å². The summed E-state index contributed by atoms with van der Waals surface area (Å²) in [7, 11) is 0. The molecular formula is C16H18ClN3O2S. The number of amides is 1. The molecule has 1 fully saturated rings. The smallest absolute Gasteiger partial charge is 0.264 e. The van der Waals surface area contributed by atoms with Crippen molar-refractivity contribution in [2.75, 3.05) is 19.6 Å². The molecule has 122 valence electrons. The fraction of sp³-hybridized carbons (Fsp3) is 0.312. The highest BCUT2D eigenvalue weighted by atomic mass is 35.5. The predicted molar refractivity (Wildman–Crippen MR) is 92.5 cm³/mol. The zero-order valence-corrected chi connectivity index (χ0v) is 14.3. The van der Waals surface area contributed by atoms with E-state index in [4.69, 9.17) is 0 Å². The fourth-order valence-corrected chi connectivity index (χ4v) is 3.46. The van der Waals surface area contributed by atoms with Crippen molar-refractivity contribution in [3.05, 3.63) is 52.0 Å². The second-order valence-corrected chi connectivity index (χ2v) is 6.31. The number of ketones is 1. The van der Waals surface area contributed by atoms with E-state index >= 15 is 0 Å². The Morgan fingerprint density at radius 1 is 1.30 bits per heavy atom. The highest BCUT2D eigenvalue weighted by molar-refractivity contribution is 7.15. The number of aromatic nitrogens is 1. The number of halogens is 1. The minimum absolute atomic E-state index is 0. The maximum atomic E-state index is 12.8. The van der Waals surface area contributed by atoms with Gasteiger partial charge in [-0.3, -0.25) is 14.6 Å². The normalized spacial score (nSPS) is 17.4. The van der Waals surface area contributed by atoms with Gasteiger partial charge in [0, 0.05) is 32.0 Å². The first kappa shape index (κ1) is 17.6. The minimum Gasteiger partial charge on any atom is -0.328 e. The Morgan fingerprint density at radius 2 is 2.09 bits per heavy atom. The average Bonchev–Trinajstić information content (AvgIpc) is 3.05. The predicted octanol–water partition coefficient (Wildman–Crippen LogP) is 2.55. The van der Waals surface area contributed by atoms with Gasteiger partial charge in [-0.25, -0.2) is 0 Å². The van der Waals surface area contributed by atoms with Gasteiger partial charge in [0.2, 0.25) is 0 Å². The summed E-state index contributed by atoms with van der Waals surface area (Å²) in [6, 6.07) is 7.30. The number of pyridine rings is 1. The number of nitrogens with one attached hydrogen (secondary N) is 1. The molecule has 7 heteroatoms. The highest BCUT2D eigenvalue weighted by Crippen LogP contribution is 2.26. The molecule has 0 radical (unpaired) electrons. The largest absolute Gasteiger partial charge is 0.328 e. The zero-order chi connectivity index (χ0) is 15.5. The molecule has 1 aliphatic heterocycles. The van der Waals surface area contributed by atoms with Crippen LogP contribution in [0.1, 0.15) is 37.9 Å². The molecule has 1 unspecified atom stereocenters. The van der Waals surface area contributed by atoms with E-state index < -0.39 is 0 Å². The van der Waals surface area contributed by atoms with Crippen LogP contribution in [0.3, 0.4) is 0 Å². The van der Waals surface area contributed by atoms with E-state index in [0.717, 1.165) is 12.1 Å². The monoisotopic (exact) mass is 351 g/mol. The molecule has 5 nitrogen and oxygen atoms in total. The molecule has 0 aliphatic carbocycles. The van der Waals surface area contributed by atoms with Crippen LogP contribution in [-0.4, -0.2) is 41.2 Å². The van der Waals surface area contributed by atoms with E-state index in [0.29, 0.717) is 22.8 Å². The standard InChI is InChI=1S/C16H17N3O2S.ClH/c1-11(20)14-4-5-15(22-14)16(21)19-8-7-18-10-13(19)12-3-2-6-17-9-12;/h2-6,9,13,18H,7-8,10H2,1H3;1H. The third-order valence-corrected chi connectivity index (χ3v) is 4.91. The number of piperazine rings is 1. The Bertz CT molecular complexity index is 690. The average molecular weight is 352 g/mol. The van der Waals surface area contributed by atoms with Crippen LogP contribution in [0.5, 0.6) is 0 Å². The van der Waals surface area contributed by atoms with Gasteiger partial charge in [-0.2, -0.15) is 0 Å². The second-order valence-electron chi connectivity index (χ2n) is 5.22. The Morgan fingerprint density at radius 3 is 2.74 bits per heavy atom. The number of thiophene rings is 1. The van der Waals surface area contributed by atoms with E-state index in [2.05, 4.69) is 10.3 Å². The van der Waals surface area contributed by atoms with Crippen molar-refractivity contribution in [1.82, 2.24) is 15.2 Å². The van der Waals surface area contributed by atoms with Crippen LogP contribution in [-0.2, 0) is 0 Å². The third-order valence-electron chi connectivity index (χ3n) is 3.74. The Balaban J connectivity index is 0.00000192. The lowest BCUT2D eigenvalue weighted by atomic mass is 10.1. The van der Waals surface area contributed by atoms with Gasteiger partial charge in [0.1, 0.15) is 0 Å².